The van der Waals surface area contributed by atoms with Gasteiger partial charge >= 0.3 is 0 Å². The number of thioether (sulfide) groups is 1. The molecule has 0 unspecified atom stereocenters. The van der Waals surface area contributed by atoms with Gasteiger partial charge in [0.2, 0.25) is 11.8 Å². The van der Waals surface area contributed by atoms with Gasteiger partial charge in [-0.3, -0.25) is 9.59 Å². The highest BCUT2D eigenvalue weighted by Gasteiger charge is 2.35. The van der Waals surface area contributed by atoms with E-state index >= 15 is 0 Å². The molecule has 92 valence electrons. The lowest BCUT2D eigenvalue weighted by Crippen LogP contribution is -2.37. The van der Waals surface area contributed by atoms with E-state index in [9.17, 15) is 9.59 Å². The number of thiophene rings is 1. The fourth-order valence-corrected chi connectivity index (χ4v) is 4.18. The molecule has 0 aliphatic carbocycles. The van der Waals surface area contributed by atoms with Gasteiger partial charge in [-0.2, -0.15) is 0 Å². The minimum atomic E-state index is -0.125. The maximum Gasteiger partial charge on any atom is 0.239 e. The number of nitrogens with zero attached hydrogens (tertiary/aromatic N) is 1. The summed E-state index contributed by atoms with van der Waals surface area (Å²) in [6.45, 7) is 2.18. The topological polar surface area (TPSA) is 49.4 Å². The second kappa shape index (κ2) is 5.10. The number of rotatable bonds is 3. The number of aryl methyl sites for hydroxylation is 1. The molecule has 17 heavy (non-hydrogen) atoms. The molecule has 0 bridgehead atoms. The number of nitrogens with one attached hydrogen (secondary N) is 1. The highest BCUT2D eigenvalue weighted by atomic mass is 32.2. The number of hydrogen-bond donors (Lipinski definition) is 1. The van der Waals surface area contributed by atoms with Gasteiger partial charge in [-0.1, -0.05) is 0 Å². The number of likely N-dealkylation sites (N-methyl/N-ethyl adjacent to an activating group) is 1. The Kier molecular flexibility index (Phi) is 3.73. The fraction of sp³-hybridized carbons (Fsp3) is 0.455. The summed E-state index contributed by atoms with van der Waals surface area (Å²) in [7, 11) is 1.58. The van der Waals surface area contributed by atoms with Gasteiger partial charge in [0.05, 0.1) is 5.75 Å². The minimum Gasteiger partial charge on any atom is -0.358 e. The first-order chi connectivity index (χ1) is 8.13. The predicted octanol–water partition coefficient (Wildman–Crippen LogP) is 1.38. The Morgan fingerprint density at radius 1 is 1.65 bits per heavy atom. The zero-order valence-corrected chi connectivity index (χ0v) is 11.4. The van der Waals surface area contributed by atoms with Crippen LogP contribution in [-0.4, -0.2) is 36.1 Å². The molecule has 0 aromatic carbocycles. The van der Waals surface area contributed by atoms with E-state index in [1.807, 2.05) is 18.4 Å². The van der Waals surface area contributed by atoms with Crippen LogP contribution in [0.4, 0.5) is 0 Å². The average Bonchev–Trinajstić information content (AvgIpc) is 2.87. The first kappa shape index (κ1) is 12.4. The molecule has 0 saturated carbocycles. The number of carbonyl (C=O) groups excluding carboxylic acids is 2. The summed E-state index contributed by atoms with van der Waals surface area (Å²) < 4.78 is 0. The smallest absolute Gasteiger partial charge is 0.239 e. The molecule has 1 aromatic heterocycles. The van der Waals surface area contributed by atoms with Crippen molar-refractivity contribution < 1.29 is 9.59 Å². The van der Waals surface area contributed by atoms with E-state index in [0.29, 0.717) is 5.75 Å². The van der Waals surface area contributed by atoms with Gasteiger partial charge in [0.15, 0.2) is 0 Å². The largest absolute Gasteiger partial charge is 0.358 e. The van der Waals surface area contributed by atoms with Gasteiger partial charge < -0.3 is 10.2 Å². The lowest BCUT2D eigenvalue weighted by Gasteiger charge is -2.22. The summed E-state index contributed by atoms with van der Waals surface area (Å²) in [4.78, 5) is 26.0. The first-order valence-corrected chi connectivity index (χ1v) is 7.22. The Morgan fingerprint density at radius 2 is 2.41 bits per heavy atom. The molecule has 2 heterocycles. The Labute approximate surface area is 108 Å². The van der Waals surface area contributed by atoms with Crippen molar-refractivity contribution in [1.29, 1.82) is 0 Å². The third kappa shape index (κ3) is 2.47. The minimum absolute atomic E-state index is 0.000185. The molecule has 1 aliphatic heterocycles. The van der Waals surface area contributed by atoms with Crippen molar-refractivity contribution in [2.24, 2.45) is 0 Å². The van der Waals surface area contributed by atoms with Crippen LogP contribution in [0.2, 0.25) is 0 Å². The Hall–Kier alpha value is -1.01. The van der Waals surface area contributed by atoms with E-state index in [-0.39, 0.29) is 23.7 Å². The van der Waals surface area contributed by atoms with Crippen molar-refractivity contribution in [1.82, 2.24) is 10.2 Å². The summed E-state index contributed by atoms with van der Waals surface area (Å²) >= 11 is 3.23. The highest BCUT2D eigenvalue weighted by Crippen LogP contribution is 2.41. The summed E-state index contributed by atoms with van der Waals surface area (Å²) in [5, 5.41) is 4.57. The Morgan fingerprint density at radius 3 is 3.00 bits per heavy atom. The Bertz CT molecular complexity index is 444. The van der Waals surface area contributed by atoms with E-state index in [2.05, 4.69) is 5.32 Å². The third-order valence-corrected chi connectivity index (χ3v) is 5.13. The predicted molar refractivity (Wildman–Crippen MR) is 70.0 cm³/mol. The van der Waals surface area contributed by atoms with Crippen LogP contribution in [-0.2, 0) is 9.59 Å². The number of amides is 2. The van der Waals surface area contributed by atoms with E-state index in [0.717, 1.165) is 0 Å². The van der Waals surface area contributed by atoms with E-state index in [1.54, 1.807) is 35.0 Å². The van der Waals surface area contributed by atoms with E-state index in [4.69, 9.17) is 0 Å². The maximum absolute atomic E-state index is 11.8. The lowest BCUT2D eigenvalue weighted by atomic mass is 10.2. The van der Waals surface area contributed by atoms with Crippen LogP contribution in [0.5, 0.6) is 0 Å². The molecule has 1 atom stereocenters. The van der Waals surface area contributed by atoms with Crippen molar-refractivity contribution in [2.45, 2.75) is 12.3 Å². The molecule has 6 heteroatoms. The quantitative estimate of drug-likeness (QED) is 0.902. The zero-order chi connectivity index (χ0) is 12.4. The molecule has 0 spiro atoms. The van der Waals surface area contributed by atoms with Gasteiger partial charge in [-0.25, -0.2) is 0 Å². The van der Waals surface area contributed by atoms with E-state index < -0.39 is 0 Å². The molecule has 2 rings (SSSR count). The van der Waals surface area contributed by atoms with Crippen LogP contribution < -0.4 is 5.32 Å². The highest BCUT2D eigenvalue weighted by molar-refractivity contribution is 8.00. The maximum atomic E-state index is 11.8. The standard InChI is InChI=1S/C11H14N2O2S2/c1-7-3-4-16-10(7)11-13(5-8(14)12-2)9(15)6-17-11/h3-4,11H,5-6H2,1-2H3,(H,12,14)/t11-/m0/s1. The monoisotopic (exact) mass is 270 g/mol. The second-order valence-electron chi connectivity index (χ2n) is 3.83. The normalized spacial score (nSPS) is 19.8. The SMILES string of the molecule is CNC(=O)CN1C(=O)CS[C@H]1c1sccc1C. The van der Waals surface area contributed by atoms with Crippen molar-refractivity contribution in [3.63, 3.8) is 0 Å². The van der Waals surface area contributed by atoms with Gasteiger partial charge in [-0.15, -0.1) is 23.1 Å². The summed E-state index contributed by atoms with van der Waals surface area (Å²) in [6.07, 6.45) is 0. The molecular weight excluding hydrogens is 256 g/mol. The molecule has 1 aromatic rings. The van der Waals surface area contributed by atoms with Crippen LogP contribution >= 0.6 is 23.1 Å². The molecule has 4 nitrogen and oxygen atoms in total. The van der Waals surface area contributed by atoms with Crippen LogP contribution in [0, 0.1) is 6.92 Å². The van der Waals surface area contributed by atoms with Gasteiger partial charge in [0.25, 0.3) is 0 Å². The summed E-state index contributed by atoms with van der Waals surface area (Å²) in [6, 6.07) is 2.04. The van der Waals surface area contributed by atoms with E-state index in [1.165, 1.54) is 10.4 Å². The van der Waals surface area contributed by atoms with Gasteiger partial charge in [-0.05, 0) is 23.9 Å². The summed E-state index contributed by atoms with van der Waals surface area (Å²) in [5.41, 5.74) is 1.18. The van der Waals surface area contributed by atoms with Crippen molar-refractivity contribution in [3.05, 3.63) is 21.9 Å². The molecule has 1 aliphatic rings. The second-order valence-corrected chi connectivity index (χ2v) is 5.84. The van der Waals surface area contributed by atoms with Crippen molar-refractivity contribution in [3.8, 4) is 0 Å². The molecular formula is C11H14N2O2S2. The van der Waals surface area contributed by atoms with Gasteiger partial charge in [0, 0.05) is 11.9 Å². The average molecular weight is 270 g/mol. The van der Waals surface area contributed by atoms with Crippen LogP contribution in [0.3, 0.4) is 0 Å². The van der Waals surface area contributed by atoms with Crippen LogP contribution in [0.15, 0.2) is 11.4 Å². The zero-order valence-electron chi connectivity index (χ0n) is 9.73. The Balaban J connectivity index is 2.19. The molecule has 2 amide bonds. The number of carbonyl (C=O) groups is 2. The molecule has 1 N–H and O–H groups in total. The van der Waals surface area contributed by atoms with Gasteiger partial charge in [0.1, 0.15) is 11.9 Å². The third-order valence-electron chi connectivity index (χ3n) is 2.69. The lowest BCUT2D eigenvalue weighted by molar-refractivity contribution is -0.133. The number of hydrogen-bond acceptors (Lipinski definition) is 4. The molecule has 1 fully saturated rings. The van der Waals surface area contributed by atoms with Crippen LogP contribution in [0.25, 0.3) is 0 Å². The molecule has 1 saturated heterocycles. The van der Waals surface area contributed by atoms with Crippen LogP contribution in [0.1, 0.15) is 15.8 Å². The van der Waals surface area contributed by atoms with Crippen molar-refractivity contribution >= 4 is 34.9 Å². The summed E-state index contributed by atoms with van der Waals surface area (Å²) in [5.74, 6) is 0.371. The molecule has 0 radical (unpaired) electrons. The first-order valence-electron chi connectivity index (χ1n) is 5.29. The fourth-order valence-electron chi connectivity index (χ4n) is 1.71. The van der Waals surface area contributed by atoms with Crippen molar-refractivity contribution in [2.75, 3.05) is 19.3 Å².